The van der Waals surface area contributed by atoms with Crippen LogP contribution in [0.5, 0.6) is 11.5 Å². The van der Waals surface area contributed by atoms with E-state index in [1.807, 2.05) is 6.92 Å². The van der Waals surface area contributed by atoms with E-state index in [0.29, 0.717) is 12.0 Å². The first-order valence-corrected chi connectivity index (χ1v) is 12.7. The number of hydrogen-bond acceptors (Lipinski definition) is 9. The summed E-state index contributed by atoms with van der Waals surface area (Å²) >= 11 is 0. The number of primary amides is 1. The number of nitrogen functional groups attached to an aromatic ring is 1. The number of carbonyl (C=O) groups is 2. The first-order valence-electron chi connectivity index (χ1n) is 12.7. The van der Waals surface area contributed by atoms with Crippen LogP contribution in [0.15, 0.2) is 41.5 Å². The molecule has 39 heavy (non-hydrogen) atoms. The largest absolute Gasteiger partial charge is 0.506 e. The molecule has 2 rings (SSSR count). The summed E-state index contributed by atoms with van der Waals surface area (Å²) in [5.41, 5.74) is 12.6. The average molecular weight is 548 g/mol. The highest BCUT2D eigenvalue weighted by Crippen LogP contribution is 2.40. The van der Waals surface area contributed by atoms with Crippen LogP contribution in [-0.2, 0) is 25.4 Å². The highest BCUT2D eigenvalue weighted by molar-refractivity contribution is 6.04. The van der Waals surface area contributed by atoms with Gasteiger partial charge in [-0.25, -0.2) is 4.79 Å². The number of hydrogen-bond donors (Lipinski definition) is 6. The lowest BCUT2D eigenvalue weighted by Crippen LogP contribution is -2.37. The average Bonchev–Trinajstić information content (AvgIpc) is 2.88. The van der Waals surface area contributed by atoms with Crippen molar-refractivity contribution < 1.29 is 39.1 Å². The standard InChI is InChI=1S/C28H41N3O8/c1-14-10-18-23(29)20(32)13-19(25(18)34)31-27(35)15(2)8-7-9-21(37-5)26(39-28(30)36)17(4)12-16(3)24(33)22(11-14)38-6/h7-9,12-14,16,21-22,24,26,32-34H,10-11,29H2,1-6H3,(H2,30,36)(H,31,35)/b9-7-,15-8+,17-12+/t14-,16+,21+,22+,24-,26-/m1/s1. The summed E-state index contributed by atoms with van der Waals surface area (Å²) in [5.74, 6) is -1.63. The number of aliphatic hydroxyl groups excluding tert-OH is 1. The van der Waals surface area contributed by atoms with Crippen LogP contribution in [0.1, 0.15) is 39.7 Å². The molecule has 1 aliphatic rings. The maximum absolute atomic E-state index is 12.8. The van der Waals surface area contributed by atoms with Crippen LogP contribution in [-0.4, -0.2) is 66.0 Å². The van der Waals surface area contributed by atoms with Gasteiger partial charge in [0.15, 0.2) is 6.10 Å². The predicted molar refractivity (Wildman–Crippen MR) is 148 cm³/mol. The zero-order valence-electron chi connectivity index (χ0n) is 23.3. The second-order valence-corrected chi connectivity index (χ2v) is 10.0. The third-order valence-corrected chi connectivity index (χ3v) is 6.87. The number of amides is 2. The van der Waals surface area contributed by atoms with Crippen LogP contribution < -0.4 is 16.8 Å². The normalized spacial score (nSPS) is 30.8. The van der Waals surface area contributed by atoms with Gasteiger partial charge >= 0.3 is 6.09 Å². The molecule has 0 spiro atoms. The minimum absolute atomic E-state index is 0.00464. The zero-order chi connectivity index (χ0) is 29.4. The lowest BCUT2D eigenvalue weighted by atomic mass is 9.87. The maximum atomic E-state index is 12.8. The number of aromatic hydroxyl groups is 2. The monoisotopic (exact) mass is 547 g/mol. The Bertz CT molecular complexity index is 1130. The summed E-state index contributed by atoms with van der Waals surface area (Å²) in [6, 6.07) is 1.19. The Morgan fingerprint density at radius 2 is 1.82 bits per heavy atom. The molecule has 1 heterocycles. The van der Waals surface area contributed by atoms with E-state index in [9.17, 15) is 24.9 Å². The van der Waals surface area contributed by atoms with Gasteiger partial charge in [-0.3, -0.25) is 4.79 Å². The van der Waals surface area contributed by atoms with Crippen molar-refractivity contribution in [1.29, 1.82) is 0 Å². The van der Waals surface area contributed by atoms with Gasteiger partial charge in [-0.2, -0.15) is 0 Å². The second kappa shape index (κ2) is 14.0. The van der Waals surface area contributed by atoms with Gasteiger partial charge in [-0.05, 0) is 38.2 Å². The molecule has 6 atom stereocenters. The molecule has 0 saturated carbocycles. The lowest BCUT2D eigenvalue weighted by Gasteiger charge is -2.29. The van der Waals surface area contributed by atoms with Crippen LogP contribution in [0.4, 0.5) is 16.2 Å². The summed E-state index contributed by atoms with van der Waals surface area (Å²) in [6.07, 6.45) is 2.90. The minimum Gasteiger partial charge on any atom is -0.506 e. The van der Waals surface area contributed by atoms with Crippen LogP contribution >= 0.6 is 0 Å². The molecule has 0 saturated heterocycles. The first-order chi connectivity index (χ1) is 18.3. The smallest absolute Gasteiger partial charge is 0.405 e. The molecule has 2 bridgehead atoms. The van der Waals surface area contributed by atoms with Crippen LogP contribution in [0.3, 0.4) is 0 Å². The number of nitrogens with two attached hydrogens (primary N) is 2. The fourth-order valence-electron chi connectivity index (χ4n) is 4.63. The Labute approximate surface area is 229 Å². The van der Waals surface area contributed by atoms with E-state index in [4.69, 9.17) is 25.7 Å². The molecule has 1 aromatic carbocycles. The Morgan fingerprint density at radius 1 is 1.15 bits per heavy atom. The quantitative estimate of drug-likeness (QED) is 0.143. The number of fused-ring (bicyclic) bond motifs is 2. The minimum atomic E-state index is -0.992. The Hall–Kier alpha value is -3.54. The highest BCUT2D eigenvalue weighted by Gasteiger charge is 2.30. The fraction of sp³-hybridized carbons (Fsp3) is 0.500. The fourth-order valence-corrected chi connectivity index (χ4v) is 4.63. The van der Waals surface area contributed by atoms with Crippen molar-refractivity contribution in [2.75, 3.05) is 25.3 Å². The molecule has 0 unspecified atom stereocenters. The second-order valence-electron chi connectivity index (χ2n) is 10.0. The number of ether oxygens (including phenoxy) is 3. The molecule has 0 radical (unpaired) electrons. The van der Waals surface area contributed by atoms with Gasteiger partial charge < -0.3 is 46.3 Å². The Kier molecular flexibility index (Phi) is 11.4. The Balaban J connectivity index is 2.62. The number of aliphatic hydroxyl groups is 1. The van der Waals surface area contributed by atoms with Gasteiger partial charge in [0.2, 0.25) is 0 Å². The van der Waals surface area contributed by atoms with E-state index in [1.165, 1.54) is 26.4 Å². The predicted octanol–water partition coefficient (Wildman–Crippen LogP) is 3.14. The summed E-state index contributed by atoms with van der Waals surface area (Å²) in [6.45, 7) is 7.01. The van der Waals surface area contributed by atoms with E-state index >= 15 is 0 Å². The van der Waals surface area contributed by atoms with E-state index < -0.39 is 42.3 Å². The van der Waals surface area contributed by atoms with Crippen LogP contribution in [0, 0.1) is 11.8 Å². The molecule has 216 valence electrons. The number of carbonyl (C=O) groups excluding carboxylic acids is 2. The van der Waals surface area contributed by atoms with E-state index in [0.717, 1.165) is 0 Å². The first kappa shape index (κ1) is 31.7. The summed E-state index contributed by atoms with van der Waals surface area (Å²) in [5, 5.41) is 35.0. The van der Waals surface area contributed by atoms with Gasteiger partial charge in [0.25, 0.3) is 5.91 Å². The molecule has 0 fully saturated rings. The molecule has 2 amide bonds. The summed E-state index contributed by atoms with van der Waals surface area (Å²) in [7, 11) is 2.93. The number of phenols is 2. The maximum Gasteiger partial charge on any atom is 0.405 e. The number of methoxy groups -OCH3 is 2. The van der Waals surface area contributed by atoms with E-state index in [2.05, 4.69) is 5.32 Å². The number of nitrogens with one attached hydrogen (secondary N) is 1. The summed E-state index contributed by atoms with van der Waals surface area (Å²) in [4.78, 5) is 24.5. The lowest BCUT2D eigenvalue weighted by molar-refractivity contribution is -0.112. The van der Waals surface area contributed by atoms with Gasteiger partial charge in [-0.15, -0.1) is 0 Å². The molecule has 11 heteroatoms. The van der Waals surface area contributed by atoms with E-state index in [1.54, 1.807) is 39.0 Å². The topological polar surface area (TPSA) is 187 Å². The SMILES string of the molecule is CO[C@H]1/C=C\C=C(/C)C(=O)Nc2cc(O)c(N)c(c2O)C[C@@H](C)C[C@H](OC)[C@H](O)[C@@H](C)/C=C(\C)[C@H]1OC(N)=O. The molecule has 0 aromatic heterocycles. The number of anilines is 2. The van der Waals surface area contributed by atoms with Gasteiger partial charge in [0.1, 0.15) is 17.6 Å². The van der Waals surface area contributed by atoms with Gasteiger partial charge in [-0.1, -0.05) is 38.2 Å². The number of allylic oxidation sites excluding steroid dienone is 2. The van der Waals surface area contributed by atoms with Crippen LogP contribution in [0.2, 0.25) is 0 Å². The number of phenolic OH excluding ortho intramolecular Hbond substituents is 2. The van der Waals surface area contributed by atoms with Crippen molar-refractivity contribution in [3.63, 3.8) is 0 Å². The van der Waals surface area contributed by atoms with Gasteiger partial charge in [0.05, 0.1) is 23.6 Å². The molecular weight excluding hydrogens is 506 g/mol. The summed E-state index contributed by atoms with van der Waals surface area (Å²) < 4.78 is 16.5. The van der Waals surface area contributed by atoms with Gasteiger partial charge in [0, 0.05) is 37.3 Å². The van der Waals surface area contributed by atoms with Crippen molar-refractivity contribution in [3.8, 4) is 11.5 Å². The van der Waals surface area contributed by atoms with Crippen molar-refractivity contribution in [2.24, 2.45) is 17.6 Å². The molecule has 8 N–H and O–H groups in total. The van der Waals surface area contributed by atoms with Crippen LogP contribution in [0.25, 0.3) is 0 Å². The molecule has 11 nitrogen and oxygen atoms in total. The van der Waals surface area contributed by atoms with Crippen molar-refractivity contribution in [3.05, 3.63) is 47.1 Å². The highest BCUT2D eigenvalue weighted by atomic mass is 16.6. The molecule has 1 aliphatic heterocycles. The molecule has 1 aromatic rings. The van der Waals surface area contributed by atoms with E-state index in [-0.39, 0.29) is 46.3 Å². The number of benzene rings is 1. The van der Waals surface area contributed by atoms with Crippen molar-refractivity contribution in [1.82, 2.24) is 0 Å². The molecule has 0 aliphatic carbocycles. The number of rotatable bonds is 3. The van der Waals surface area contributed by atoms with Crippen molar-refractivity contribution >= 4 is 23.4 Å². The third kappa shape index (κ3) is 8.22. The Morgan fingerprint density at radius 3 is 2.41 bits per heavy atom. The zero-order valence-corrected chi connectivity index (χ0v) is 23.3. The molecular formula is C28H41N3O8. The third-order valence-electron chi connectivity index (χ3n) is 6.87. The van der Waals surface area contributed by atoms with Crippen molar-refractivity contribution in [2.45, 2.75) is 65.0 Å².